The second-order valence-corrected chi connectivity index (χ2v) is 6.01. The van der Waals surface area contributed by atoms with Crippen LogP contribution in [-0.4, -0.2) is 23.6 Å². The molecule has 21 heavy (non-hydrogen) atoms. The minimum Gasteiger partial charge on any atom is -0.389 e. The molecule has 3 N–H and O–H groups in total. The number of nitrogens with two attached hydrogens (primary N) is 1. The molecule has 1 heterocycles. The molecular formula is C16H23FN2O2. The minimum atomic E-state index is -0.767. The van der Waals surface area contributed by atoms with Gasteiger partial charge in [0, 0.05) is 23.8 Å². The first-order valence-electron chi connectivity index (χ1n) is 7.35. The van der Waals surface area contributed by atoms with Gasteiger partial charge < -0.3 is 15.7 Å². The quantitative estimate of drug-likeness (QED) is 0.898. The zero-order chi connectivity index (χ0) is 15.7. The van der Waals surface area contributed by atoms with Gasteiger partial charge in [0.25, 0.3) is 0 Å². The largest absolute Gasteiger partial charge is 0.389 e. The Morgan fingerprint density at radius 3 is 2.71 bits per heavy atom. The van der Waals surface area contributed by atoms with Crippen molar-refractivity contribution < 1.29 is 14.3 Å². The van der Waals surface area contributed by atoms with Crippen LogP contribution in [0.5, 0.6) is 0 Å². The zero-order valence-electron chi connectivity index (χ0n) is 12.8. The highest BCUT2D eigenvalue weighted by Gasteiger charge is 2.30. The number of nitrogens with zero attached hydrogens (tertiary/aromatic N) is 1. The van der Waals surface area contributed by atoms with Crippen molar-refractivity contribution in [3.8, 4) is 0 Å². The van der Waals surface area contributed by atoms with E-state index in [1.165, 1.54) is 6.07 Å². The summed E-state index contributed by atoms with van der Waals surface area (Å²) in [6.07, 6.45) is 0.858. The van der Waals surface area contributed by atoms with Crippen molar-refractivity contribution in [3.05, 3.63) is 29.1 Å². The van der Waals surface area contributed by atoms with Gasteiger partial charge >= 0.3 is 0 Å². The van der Waals surface area contributed by atoms with Crippen molar-refractivity contribution in [3.63, 3.8) is 0 Å². The van der Waals surface area contributed by atoms with Crippen molar-refractivity contribution in [2.45, 2.75) is 45.8 Å². The summed E-state index contributed by atoms with van der Waals surface area (Å²) >= 11 is 0. The fourth-order valence-corrected chi connectivity index (χ4v) is 2.94. The van der Waals surface area contributed by atoms with E-state index in [1.54, 1.807) is 19.9 Å². The molecule has 1 amide bonds. The molecule has 3 unspecified atom stereocenters. The molecule has 2 rings (SSSR count). The number of aliphatic hydroxyl groups is 1. The molecule has 1 saturated heterocycles. The van der Waals surface area contributed by atoms with Gasteiger partial charge in [0.1, 0.15) is 5.82 Å². The van der Waals surface area contributed by atoms with E-state index in [9.17, 15) is 14.3 Å². The third-order valence-corrected chi connectivity index (χ3v) is 4.35. The molecule has 4 nitrogen and oxygen atoms in total. The van der Waals surface area contributed by atoms with Crippen molar-refractivity contribution in [2.75, 3.05) is 11.4 Å². The molecule has 1 aromatic carbocycles. The van der Waals surface area contributed by atoms with E-state index in [1.807, 2.05) is 0 Å². The normalized spacial score (nSPS) is 24.0. The third-order valence-electron chi connectivity index (χ3n) is 4.35. The zero-order valence-corrected chi connectivity index (χ0v) is 12.8. The number of carbonyl (C=O) groups excluding carboxylic acids is 1. The number of hydrogen-bond donors (Lipinski definition) is 2. The van der Waals surface area contributed by atoms with Gasteiger partial charge in [-0.05, 0) is 51.3 Å². The van der Waals surface area contributed by atoms with Gasteiger partial charge in [-0.3, -0.25) is 4.79 Å². The standard InChI is InChI=1S/C16H23FN2O2/c1-9-6-15(13(11(3)20)7-14(9)17)19-8-12(16(18)21)5-4-10(19)2/h6-7,10-12,20H,4-5,8H2,1-3H3,(H2,18,21). The van der Waals surface area contributed by atoms with Crippen LogP contribution >= 0.6 is 0 Å². The Morgan fingerprint density at radius 2 is 2.14 bits per heavy atom. The highest BCUT2D eigenvalue weighted by atomic mass is 19.1. The lowest BCUT2D eigenvalue weighted by Crippen LogP contribution is -2.46. The Bertz CT molecular complexity index is 545. The molecule has 0 aliphatic carbocycles. The summed E-state index contributed by atoms with van der Waals surface area (Å²) in [6, 6.07) is 3.36. The second-order valence-electron chi connectivity index (χ2n) is 6.01. The predicted octanol–water partition coefficient (Wildman–Crippen LogP) is 2.28. The van der Waals surface area contributed by atoms with Gasteiger partial charge in [0.05, 0.1) is 12.0 Å². The highest BCUT2D eigenvalue weighted by Crippen LogP contribution is 2.34. The number of anilines is 1. The Morgan fingerprint density at radius 1 is 1.48 bits per heavy atom. The van der Waals surface area contributed by atoms with Crippen LogP contribution in [0.4, 0.5) is 10.1 Å². The maximum Gasteiger partial charge on any atom is 0.222 e. The number of amides is 1. The van der Waals surface area contributed by atoms with E-state index < -0.39 is 6.10 Å². The molecule has 1 fully saturated rings. The van der Waals surface area contributed by atoms with E-state index in [4.69, 9.17) is 5.73 Å². The molecule has 0 radical (unpaired) electrons. The molecule has 0 bridgehead atoms. The summed E-state index contributed by atoms with van der Waals surface area (Å²) in [5.41, 5.74) is 7.31. The van der Waals surface area contributed by atoms with Crippen LogP contribution in [-0.2, 0) is 4.79 Å². The average molecular weight is 294 g/mol. The number of benzene rings is 1. The number of piperidine rings is 1. The molecule has 1 aliphatic rings. The van der Waals surface area contributed by atoms with Crippen molar-refractivity contribution in [2.24, 2.45) is 11.7 Å². The summed E-state index contributed by atoms with van der Waals surface area (Å²) in [4.78, 5) is 13.5. The summed E-state index contributed by atoms with van der Waals surface area (Å²) in [6.45, 7) is 5.90. The van der Waals surface area contributed by atoms with Crippen LogP contribution in [0.25, 0.3) is 0 Å². The Hall–Kier alpha value is -1.62. The number of carbonyl (C=O) groups is 1. The van der Waals surface area contributed by atoms with E-state index in [-0.39, 0.29) is 23.7 Å². The number of primary amides is 1. The molecular weight excluding hydrogens is 271 g/mol. The molecule has 0 aromatic heterocycles. The maximum absolute atomic E-state index is 13.8. The lowest BCUT2D eigenvalue weighted by molar-refractivity contribution is -0.122. The van der Waals surface area contributed by atoms with E-state index >= 15 is 0 Å². The molecule has 116 valence electrons. The van der Waals surface area contributed by atoms with Crippen LogP contribution in [0.2, 0.25) is 0 Å². The van der Waals surface area contributed by atoms with Gasteiger partial charge in [0.15, 0.2) is 0 Å². The summed E-state index contributed by atoms with van der Waals surface area (Å²) in [5, 5.41) is 9.93. The Labute approximate surface area is 124 Å². The third kappa shape index (κ3) is 3.18. The van der Waals surface area contributed by atoms with Crippen LogP contribution in [0, 0.1) is 18.7 Å². The Balaban J connectivity index is 2.43. The SMILES string of the molecule is Cc1cc(N2CC(C(N)=O)CCC2C)c(C(C)O)cc1F. The number of hydrogen-bond acceptors (Lipinski definition) is 3. The lowest BCUT2D eigenvalue weighted by Gasteiger charge is -2.40. The van der Waals surface area contributed by atoms with Crippen molar-refractivity contribution in [1.82, 2.24) is 0 Å². The smallest absolute Gasteiger partial charge is 0.222 e. The first kappa shape index (κ1) is 15.8. The number of rotatable bonds is 3. The monoisotopic (exact) mass is 294 g/mol. The number of halogens is 1. The molecule has 5 heteroatoms. The maximum atomic E-state index is 13.8. The van der Waals surface area contributed by atoms with Gasteiger partial charge in [-0.1, -0.05) is 0 Å². The molecule has 1 aromatic rings. The fourth-order valence-electron chi connectivity index (χ4n) is 2.94. The van der Waals surface area contributed by atoms with Crippen LogP contribution in [0.1, 0.15) is 43.9 Å². The van der Waals surface area contributed by atoms with Gasteiger partial charge in [0.2, 0.25) is 5.91 Å². The number of aliphatic hydroxyl groups excluding tert-OH is 1. The highest BCUT2D eigenvalue weighted by molar-refractivity contribution is 5.78. The van der Waals surface area contributed by atoms with E-state index in [0.717, 1.165) is 18.5 Å². The lowest BCUT2D eigenvalue weighted by atomic mass is 9.91. The first-order chi connectivity index (χ1) is 9.81. The summed E-state index contributed by atoms with van der Waals surface area (Å²) in [5.74, 6) is -0.830. The van der Waals surface area contributed by atoms with Crippen molar-refractivity contribution in [1.29, 1.82) is 0 Å². The summed E-state index contributed by atoms with van der Waals surface area (Å²) < 4.78 is 13.8. The molecule has 0 saturated carbocycles. The average Bonchev–Trinajstić information content (AvgIpc) is 2.41. The van der Waals surface area contributed by atoms with Crippen LogP contribution in [0.15, 0.2) is 12.1 Å². The molecule has 0 spiro atoms. The van der Waals surface area contributed by atoms with Gasteiger partial charge in [-0.25, -0.2) is 4.39 Å². The Kier molecular flexibility index (Phi) is 4.52. The number of aryl methyl sites for hydroxylation is 1. The summed E-state index contributed by atoms with van der Waals surface area (Å²) in [7, 11) is 0. The predicted molar refractivity (Wildman–Crippen MR) is 80.5 cm³/mol. The topological polar surface area (TPSA) is 66.6 Å². The van der Waals surface area contributed by atoms with Crippen LogP contribution in [0.3, 0.4) is 0 Å². The molecule has 1 aliphatic heterocycles. The van der Waals surface area contributed by atoms with Gasteiger partial charge in [-0.15, -0.1) is 0 Å². The van der Waals surface area contributed by atoms with Crippen molar-refractivity contribution >= 4 is 11.6 Å². The minimum absolute atomic E-state index is 0.201. The fraction of sp³-hybridized carbons (Fsp3) is 0.562. The van der Waals surface area contributed by atoms with E-state index in [2.05, 4.69) is 11.8 Å². The van der Waals surface area contributed by atoms with E-state index in [0.29, 0.717) is 17.7 Å². The molecule has 3 atom stereocenters. The second kappa shape index (κ2) is 6.02. The van der Waals surface area contributed by atoms with Gasteiger partial charge in [-0.2, -0.15) is 0 Å². The first-order valence-corrected chi connectivity index (χ1v) is 7.35. The van der Waals surface area contributed by atoms with Crippen LogP contribution < -0.4 is 10.6 Å².